The highest BCUT2D eigenvalue weighted by molar-refractivity contribution is 6.30. The standard InChI is InChI=1S/C13H17ClFNO/c14-12-4-3-11(13(15)6-12)8-16-7-10-2-1-5-17-9-10/h3-4,6,10,16H,1-2,5,7-9H2. The molecule has 4 heteroatoms. The fraction of sp³-hybridized carbons (Fsp3) is 0.538. The highest BCUT2D eigenvalue weighted by atomic mass is 35.5. The summed E-state index contributed by atoms with van der Waals surface area (Å²) < 4.78 is 18.9. The molecular weight excluding hydrogens is 241 g/mol. The first kappa shape index (κ1) is 12.8. The van der Waals surface area contributed by atoms with E-state index < -0.39 is 0 Å². The molecule has 1 aliphatic rings. The molecule has 0 radical (unpaired) electrons. The van der Waals surface area contributed by atoms with Crippen molar-refractivity contribution >= 4 is 11.6 Å². The second-order valence-electron chi connectivity index (χ2n) is 4.45. The van der Waals surface area contributed by atoms with E-state index in [0.717, 1.165) is 26.2 Å². The molecule has 1 unspecified atom stereocenters. The molecule has 0 aliphatic carbocycles. The smallest absolute Gasteiger partial charge is 0.129 e. The lowest BCUT2D eigenvalue weighted by molar-refractivity contribution is 0.0547. The second kappa shape index (κ2) is 6.34. The minimum atomic E-state index is -0.245. The summed E-state index contributed by atoms with van der Waals surface area (Å²) in [7, 11) is 0. The van der Waals surface area contributed by atoms with E-state index in [1.54, 1.807) is 12.1 Å². The van der Waals surface area contributed by atoms with Gasteiger partial charge in [-0.1, -0.05) is 17.7 Å². The number of hydrogen-bond acceptors (Lipinski definition) is 2. The summed E-state index contributed by atoms with van der Waals surface area (Å²) in [4.78, 5) is 0. The number of hydrogen-bond donors (Lipinski definition) is 1. The van der Waals surface area contributed by atoms with Crippen LogP contribution in [-0.4, -0.2) is 19.8 Å². The van der Waals surface area contributed by atoms with Gasteiger partial charge in [-0.25, -0.2) is 4.39 Å². The monoisotopic (exact) mass is 257 g/mol. The summed E-state index contributed by atoms with van der Waals surface area (Å²) in [5, 5.41) is 3.71. The topological polar surface area (TPSA) is 21.3 Å². The van der Waals surface area contributed by atoms with Gasteiger partial charge in [-0.3, -0.25) is 0 Å². The molecule has 1 aliphatic heterocycles. The average molecular weight is 258 g/mol. The van der Waals surface area contributed by atoms with Crippen LogP contribution in [-0.2, 0) is 11.3 Å². The first-order valence-corrected chi connectivity index (χ1v) is 6.36. The van der Waals surface area contributed by atoms with Crippen LogP contribution in [0.5, 0.6) is 0 Å². The normalized spacial score (nSPS) is 20.5. The Morgan fingerprint density at radius 1 is 1.47 bits per heavy atom. The largest absolute Gasteiger partial charge is 0.381 e. The molecule has 1 atom stereocenters. The molecule has 1 N–H and O–H groups in total. The lowest BCUT2D eigenvalue weighted by Crippen LogP contribution is -2.29. The summed E-state index contributed by atoms with van der Waals surface area (Å²) in [6.07, 6.45) is 2.32. The van der Waals surface area contributed by atoms with Gasteiger partial charge in [0.25, 0.3) is 0 Å². The van der Waals surface area contributed by atoms with E-state index in [9.17, 15) is 4.39 Å². The minimum Gasteiger partial charge on any atom is -0.381 e. The van der Waals surface area contributed by atoms with Crippen molar-refractivity contribution in [2.75, 3.05) is 19.8 Å². The van der Waals surface area contributed by atoms with Gasteiger partial charge in [-0.05, 0) is 30.9 Å². The van der Waals surface area contributed by atoms with Gasteiger partial charge in [-0.2, -0.15) is 0 Å². The van der Waals surface area contributed by atoms with E-state index in [0.29, 0.717) is 23.0 Å². The zero-order valence-electron chi connectivity index (χ0n) is 9.72. The SMILES string of the molecule is Fc1cc(Cl)ccc1CNCC1CCCOC1. The maximum Gasteiger partial charge on any atom is 0.129 e. The number of benzene rings is 1. The number of nitrogens with one attached hydrogen (secondary N) is 1. The van der Waals surface area contributed by atoms with Crippen molar-refractivity contribution in [2.45, 2.75) is 19.4 Å². The highest BCUT2D eigenvalue weighted by Crippen LogP contribution is 2.15. The van der Waals surface area contributed by atoms with E-state index in [1.807, 2.05) is 0 Å². The van der Waals surface area contributed by atoms with Gasteiger partial charge in [0.2, 0.25) is 0 Å². The van der Waals surface area contributed by atoms with Gasteiger partial charge in [0.15, 0.2) is 0 Å². The Bertz CT molecular complexity index is 366. The molecule has 17 heavy (non-hydrogen) atoms. The van der Waals surface area contributed by atoms with E-state index in [2.05, 4.69) is 5.32 Å². The van der Waals surface area contributed by atoms with Crippen LogP contribution in [0.4, 0.5) is 4.39 Å². The second-order valence-corrected chi connectivity index (χ2v) is 4.89. The maximum atomic E-state index is 13.5. The molecule has 1 fully saturated rings. The quantitative estimate of drug-likeness (QED) is 0.895. The fourth-order valence-corrected chi connectivity index (χ4v) is 2.20. The molecule has 94 valence electrons. The third kappa shape index (κ3) is 3.95. The Balaban J connectivity index is 1.77. The summed E-state index contributed by atoms with van der Waals surface area (Å²) in [5.74, 6) is 0.309. The zero-order valence-corrected chi connectivity index (χ0v) is 10.5. The lowest BCUT2D eigenvalue weighted by atomic mass is 10.0. The molecule has 1 heterocycles. The zero-order chi connectivity index (χ0) is 12.1. The Kier molecular flexibility index (Phi) is 4.77. The maximum absolute atomic E-state index is 13.5. The Hall–Kier alpha value is -0.640. The van der Waals surface area contributed by atoms with Crippen LogP contribution in [0.15, 0.2) is 18.2 Å². The Morgan fingerprint density at radius 2 is 2.35 bits per heavy atom. The molecule has 0 aromatic heterocycles. The molecule has 2 rings (SSSR count). The Morgan fingerprint density at radius 3 is 3.06 bits per heavy atom. The molecule has 1 aromatic rings. The molecule has 0 spiro atoms. The van der Waals surface area contributed by atoms with Crippen LogP contribution >= 0.6 is 11.6 Å². The predicted octanol–water partition coefficient (Wildman–Crippen LogP) is 3.00. The van der Waals surface area contributed by atoms with Crippen molar-refractivity contribution in [1.82, 2.24) is 5.32 Å². The molecule has 0 bridgehead atoms. The number of ether oxygens (including phenoxy) is 1. The summed E-state index contributed by atoms with van der Waals surface area (Å²) in [5.41, 5.74) is 0.658. The third-order valence-corrected chi connectivity index (χ3v) is 3.25. The van der Waals surface area contributed by atoms with Gasteiger partial charge < -0.3 is 10.1 Å². The van der Waals surface area contributed by atoms with Gasteiger partial charge in [0.1, 0.15) is 5.82 Å². The predicted molar refractivity (Wildman–Crippen MR) is 66.7 cm³/mol. The van der Waals surface area contributed by atoms with Gasteiger partial charge in [0.05, 0.1) is 6.61 Å². The first-order chi connectivity index (χ1) is 8.25. The van der Waals surface area contributed by atoms with Crippen LogP contribution in [0.1, 0.15) is 18.4 Å². The fourth-order valence-electron chi connectivity index (χ4n) is 2.04. The van der Waals surface area contributed by atoms with E-state index in [4.69, 9.17) is 16.3 Å². The number of halogens is 2. The van der Waals surface area contributed by atoms with E-state index in [1.165, 1.54) is 12.5 Å². The molecule has 0 saturated carbocycles. The van der Waals surface area contributed by atoms with E-state index in [-0.39, 0.29) is 5.82 Å². The summed E-state index contributed by atoms with van der Waals surface area (Å²) >= 11 is 5.70. The van der Waals surface area contributed by atoms with Crippen molar-refractivity contribution in [3.8, 4) is 0 Å². The minimum absolute atomic E-state index is 0.245. The van der Waals surface area contributed by atoms with E-state index >= 15 is 0 Å². The number of rotatable bonds is 4. The summed E-state index contributed by atoms with van der Waals surface area (Å²) in [6, 6.07) is 4.79. The van der Waals surface area contributed by atoms with Crippen LogP contribution in [0.3, 0.4) is 0 Å². The lowest BCUT2D eigenvalue weighted by Gasteiger charge is -2.22. The van der Waals surface area contributed by atoms with Crippen LogP contribution < -0.4 is 5.32 Å². The van der Waals surface area contributed by atoms with Crippen molar-refractivity contribution in [3.63, 3.8) is 0 Å². The van der Waals surface area contributed by atoms with Crippen molar-refractivity contribution in [1.29, 1.82) is 0 Å². The molecular formula is C13H17ClFNO. The highest BCUT2D eigenvalue weighted by Gasteiger charge is 2.13. The van der Waals surface area contributed by atoms with Crippen molar-refractivity contribution in [3.05, 3.63) is 34.6 Å². The van der Waals surface area contributed by atoms with Gasteiger partial charge in [0, 0.05) is 30.3 Å². The van der Waals surface area contributed by atoms with Crippen molar-refractivity contribution in [2.24, 2.45) is 5.92 Å². The van der Waals surface area contributed by atoms with Crippen LogP contribution in [0.25, 0.3) is 0 Å². The van der Waals surface area contributed by atoms with Crippen LogP contribution in [0.2, 0.25) is 5.02 Å². The third-order valence-electron chi connectivity index (χ3n) is 3.02. The summed E-state index contributed by atoms with van der Waals surface area (Å²) in [6.45, 7) is 3.11. The Labute approximate surface area is 106 Å². The molecule has 1 saturated heterocycles. The molecule has 2 nitrogen and oxygen atoms in total. The molecule has 1 aromatic carbocycles. The van der Waals surface area contributed by atoms with Crippen LogP contribution in [0, 0.1) is 11.7 Å². The van der Waals surface area contributed by atoms with Gasteiger partial charge in [-0.15, -0.1) is 0 Å². The molecule has 0 amide bonds. The first-order valence-electron chi connectivity index (χ1n) is 5.98. The average Bonchev–Trinajstić information content (AvgIpc) is 2.33. The van der Waals surface area contributed by atoms with Gasteiger partial charge >= 0.3 is 0 Å². The van der Waals surface area contributed by atoms with Crippen molar-refractivity contribution < 1.29 is 9.13 Å².